The number of phosphoric acid groups is 1. The van der Waals surface area contributed by atoms with Gasteiger partial charge in [0.15, 0.2) is 5.75 Å². The Morgan fingerprint density at radius 2 is 1.66 bits per heavy atom. The van der Waals surface area contributed by atoms with E-state index in [0.717, 1.165) is 11.1 Å². The Balaban J connectivity index is 1.79. The number of fused-ring (bicyclic) bond motifs is 1. The summed E-state index contributed by atoms with van der Waals surface area (Å²) in [5.74, 6) is -3.47. The van der Waals surface area contributed by atoms with Crippen molar-refractivity contribution in [2.24, 2.45) is 17.2 Å². The van der Waals surface area contributed by atoms with Gasteiger partial charge in [0.25, 0.3) is 0 Å². The second-order valence-corrected chi connectivity index (χ2v) is 10.2. The van der Waals surface area contributed by atoms with E-state index >= 15 is 0 Å². The minimum Gasteiger partial charge on any atom is -0.402 e. The number of carbonyl (C=O) groups is 4. The van der Waals surface area contributed by atoms with E-state index in [-0.39, 0.29) is 30.7 Å². The minimum atomic E-state index is -4.82. The zero-order valence-electron chi connectivity index (χ0n) is 20.1. The Bertz CT molecular complexity index is 1290. The summed E-state index contributed by atoms with van der Waals surface area (Å²) < 4.78 is 15.6. The molecule has 0 spiro atoms. The lowest BCUT2D eigenvalue weighted by atomic mass is 9.92. The maximum absolute atomic E-state index is 13.4. The number of carbonyl (C=O) groups excluding carboxylic acids is 4. The molecule has 3 rings (SSSR count). The van der Waals surface area contributed by atoms with Crippen molar-refractivity contribution >= 4 is 37.1 Å². The van der Waals surface area contributed by atoms with Gasteiger partial charge < -0.3 is 38.1 Å². The van der Waals surface area contributed by atoms with Crippen molar-refractivity contribution in [2.45, 2.75) is 43.3 Å². The first kappa shape index (κ1) is 28.6. The van der Waals surface area contributed by atoms with Gasteiger partial charge >= 0.3 is 7.82 Å². The quantitative estimate of drug-likeness (QED) is 0.114. The van der Waals surface area contributed by atoms with Gasteiger partial charge in [0, 0.05) is 12.8 Å². The van der Waals surface area contributed by atoms with Crippen molar-refractivity contribution in [1.29, 1.82) is 0 Å². The monoisotopic (exact) mass is 548 g/mol. The molecule has 4 amide bonds. The molecule has 0 saturated carbocycles. The number of nitrogen functional groups attached to an aromatic ring is 1. The number of hydrogen-bond acceptors (Lipinski definition) is 8. The Kier molecular flexibility index (Phi) is 8.42. The maximum Gasteiger partial charge on any atom is 0.524 e. The lowest BCUT2D eigenvalue weighted by molar-refractivity contribution is -0.136. The molecule has 2 atom stereocenters. The van der Waals surface area contributed by atoms with Crippen molar-refractivity contribution in [2.75, 3.05) is 5.73 Å². The molecule has 38 heavy (non-hydrogen) atoms. The summed E-state index contributed by atoms with van der Waals surface area (Å²) in [6.07, 6.45) is -0.364. The van der Waals surface area contributed by atoms with Gasteiger partial charge in [0.05, 0.1) is 18.2 Å². The number of rotatable bonds is 11. The van der Waals surface area contributed by atoms with Crippen LogP contribution in [-0.4, -0.2) is 51.0 Å². The molecule has 2 aromatic carbocycles. The number of phosphoric ester groups is 1. The van der Waals surface area contributed by atoms with E-state index in [0.29, 0.717) is 5.56 Å². The summed E-state index contributed by atoms with van der Waals surface area (Å²) in [7, 11) is -4.82. The van der Waals surface area contributed by atoms with Gasteiger partial charge in [0.2, 0.25) is 23.6 Å². The topological polar surface area (TPSA) is 263 Å². The number of hydrogen-bond donors (Lipinski definition) is 8. The van der Waals surface area contributed by atoms with E-state index in [1.165, 1.54) is 18.2 Å². The number of amides is 4. The number of anilines is 1. The first-order valence-electron chi connectivity index (χ1n) is 11.4. The van der Waals surface area contributed by atoms with E-state index < -0.39 is 55.5 Å². The van der Waals surface area contributed by atoms with Crippen LogP contribution in [-0.2, 0) is 43.0 Å². The Morgan fingerprint density at radius 3 is 2.16 bits per heavy atom. The van der Waals surface area contributed by atoms with Crippen LogP contribution in [0.1, 0.15) is 23.1 Å². The molecule has 1 aliphatic rings. The predicted molar refractivity (Wildman–Crippen MR) is 135 cm³/mol. The number of benzene rings is 2. The molecule has 1 aliphatic carbocycles. The third kappa shape index (κ3) is 7.07. The molecule has 2 aromatic rings. The van der Waals surface area contributed by atoms with Gasteiger partial charge in [-0.1, -0.05) is 30.3 Å². The molecular weight excluding hydrogens is 519 g/mol. The van der Waals surface area contributed by atoms with Crippen molar-refractivity contribution < 1.29 is 38.1 Å². The standard InChI is InChI=1S/C23H29N6O8P/c24-15-7-12(5-6-18(15)37-38(34,35)36)8-16(25)21(32)29-23(10-13-3-1-2-4-14(13)11-23)22(33)28-17(20(27)31)9-19(26)30/h1-7,16-17H,8-11,24-25H2,(H2,26,30)(H2,27,31)(H,28,33)(H,29,32)(H2,34,35,36)/t16-,17-/m0/s1. The average molecular weight is 548 g/mol. The van der Waals surface area contributed by atoms with Crippen LogP contribution >= 0.6 is 7.82 Å². The third-order valence-electron chi connectivity index (χ3n) is 6.04. The largest absolute Gasteiger partial charge is 0.524 e. The molecule has 0 aromatic heterocycles. The SMILES string of the molecule is NC(=O)C[C@H](NC(=O)C1(NC(=O)[C@@H](N)Cc2ccc(OP(=O)(O)O)c(N)c2)Cc2ccccc2C1)C(N)=O. The summed E-state index contributed by atoms with van der Waals surface area (Å²) in [6, 6.07) is 8.66. The van der Waals surface area contributed by atoms with Crippen molar-refractivity contribution in [1.82, 2.24) is 10.6 Å². The lowest BCUT2D eigenvalue weighted by Crippen LogP contribution is -2.64. The van der Waals surface area contributed by atoms with Crippen LogP contribution in [0.3, 0.4) is 0 Å². The Morgan fingerprint density at radius 1 is 1.05 bits per heavy atom. The van der Waals surface area contributed by atoms with Crippen LogP contribution in [0.15, 0.2) is 42.5 Å². The molecule has 0 fully saturated rings. The molecule has 14 nitrogen and oxygen atoms in total. The first-order valence-corrected chi connectivity index (χ1v) is 12.9. The molecule has 0 bridgehead atoms. The highest BCUT2D eigenvalue weighted by Gasteiger charge is 2.46. The maximum atomic E-state index is 13.4. The van der Waals surface area contributed by atoms with Gasteiger partial charge in [0.1, 0.15) is 11.6 Å². The second-order valence-electron chi connectivity index (χ2n) is 9.06. The zero-order chi connectivity index (χ0) is 28.3. The molecule has 0 saturated heterocycles. The van der Waals surface area contributed by atoms with Crippen LogP contribution in [0.2, 0.25) is 0 Å². The summed E-state index contributed by atoms with van der Waals surface area (Å²) in [5, 5.41) is 5.14. The van der Waals surface area contributed by atoms with Gasteiger partial charge in [-0.25, -0.2) is 4.57 Å². The van der Waals surface area contributed by atoms with Crippen molar-refractivity contribution in [3.05, 3.63) is 59.2 Å². The molecule has 204 valence electrons. The van der Waals surface area contributed by atoms with Gasteiger partial charge in [-0.15, -0.1) is 0 Å². The van der Waals surface area contributed by atoms with E-state index in [1.54, 1.807) is 24.3 Å². The Hall–Kier alpha value is -3.97. The van der Waals surface area contributed by atoms with E-state index in [4.69, 9.17) is 32.7 Å². The second kappa shape index (κ2) is 11.2. The fourth-order valence-corrected chi connectivity index (χ4v) is 4.67. The molecule has 0 heterocycles. The van der Waals surface area contributed by atoms with Crippen LogP contribution in [0.5, 0.6) is 5.75 Å². The van der Waals surface area contributed by atoms with E-state index in [9.17, 15) is 23.7 Å². The highest BCUT2D eigenvalue weighted by Crippen LogP contribution is 2.40. The fourth-order valence-electron chi connectivity index (χ4n) is 4.25. The number of nitrogens with one attached hydrogen (secondary N) is 2. The van der Waals surface area contributed by atoms with Crippen molar-refractivity contribution in [3.8, 4) is 5.75 Å². The highest BCUT2D eigenvalue weighted by molar-refractivity contribution is 7.46. The third-order valence-corrected chi connectivity index (χ3v) is 6.47. The Labute approximate surface area is 217 Å². The number of nitrogens with two attached hydrogens (primary N) is 4. The summed E-state index contributed by atoms with van der Waals surface area (Å²) in [5.41, 5.74) is 22.9. The molecule has 15 heteroatoms. The van der Waals surface area contributed by atoms with Gasteiger partial charge in [-0.3, -0.25) is 29.0 Å². The molecule has 12 N–H and O–H groups in total. The smallest absolute Gasteiger partial charge is 0.402 e. The zero-order valence-corrected chi connectivity index (χ0v) is 21.0. The molecule has 0 unspecified atom stereocenters. The molecule has 0 aliphatic heterocycles. The number of primary amides is 2. The molecular formula is C23H29N6O8P. The molecule has 0 radical (unpaired) electrons. The van der Waals surface area contributed by atoms with Crippen LogP contribution in [0.4, 0.5) is 5.69 Å². The van der Waals surface area contributed by atoms with E-state index in [2.05, 4.69) is 15.2 Å². The lowest BCUT2D eigenvalue weighted by Gasteiger charge is -2.31. The summed E-state index contributed by atoms with van der Waals surface area (Å²) >= 11 is 0. The van der Waals surface area contributed by atoms with Crippen molar-refractivity contribution in [3.63, 3.8) is 0 Å². The van der Waals surface area contributed by atoms with Crippen LogP contribution in [0.25, 0.3) is 0 Å². The van der Waals surface area contributed by atoms with Gasteiger partial charge in [-0.2, -0.15) is 0 Å². The minimum absolute atomic E-state index is 0.0392. The predicted octanol–water partition coefficient (Wildman–Crippen LogP) is -1.89. The van der Waals surface area contributed by atoms with Crippen LogP contribution in [0, 0.1) is 0 Å². The summed E-state index contributed by atoms with van der Waals surface area (Å²) in [6.45, 7) is 0. The first-order chi connectivity index (χ1) is 17.7. The van der Waals surface area contributed by atoms with E-state index in [1.807, 2.05) is 0 Å². The summed E-state index contributed by atoms with van der Waals surface area (Å²) in [4.78, 5) is 67.7. The fraction of sp³-hybridized carbons (Fsp3) is 0.304. The average Bonchev–Trinajstić information content (AvgIpc) is 3.18. The van der Waals surface area contributed by atoms with Crippen LogP contribution < -0.4 is 38.1 Å². The normalized spacial score (nSPS) is 15.6. The van der Waals surface area contributed by atoms with Gasteiger partial charge in [-0.05, 0) is 35.2 Å². The highest BCUT2D eigenvalue weighted by atomic mass is 31.2.